The second-order valence-electron chi connectivity index (χ2n) is 5.66. The van der Waals surface area contributed by atoms with Gasteiger partial charge in [0.2, 0.25) is 10.0 Å². The number of benzene rings is 1. The highest BCUT2D eigenvalue weighted by Gasteiger charge is 2.30. The van der Waals surface area contributed by atoms with E-state index in [0.29, 0.717) is 18.7 Å². The van der Waals surface area contributed by atoms with Gasteiger partial charge in [0.05, 0.1) is 18.0 Å². The van der Waals surface area contributed by atoms with Crippen molar-refractivity contribution in [3.8, 4) is 0 Å². The summed E-state index contributed by atoms with van der Waals surface area (Å²) in [5.74, 6) is -0.406. The van der Waals surface area contributed by atoms with Crippen LogP contribution in [0.5, 0.6) is 0 Å². The molecule has 0 unspecified atom stereocenters. The van der Waals surface area contributed by atoms with Crippen molar-refractivity contribution in [3.05, 3.63) is 34.3 Å². The monoisotopic (exact) mass is 404 g/mol. The van der Waals surface area contributed by atoms with Gasteiger partial charge in [0.25, 0.3) is 5.91 Å². The third-order valence-electron chi connectivity index (χ3n) is 3.51. The van der Waals surface area contributed by atoms with Gasteiger partial charge in [0.15, 0.2) is 0 Å². The van der Waals surface area contributed by atoms with E-state index < -0.39 is 10.0 Å². The molecular weight excluding hydrogens is 384 g/mol. The molecule has 6 nitrogen and oxygen atoms in total. The minimum atomic E-state index is -3.41. The fourth-order valence-electron chi connectivity index (χ4n) is 2.51. The second kappa shape index (κ2) is 7.74. The highest BCUT2D eigenvalue weighted by Crippen LogP contribution is 2.15. The van der Waals surface area contributed by atoms with E-state index in [1.54, 1.807) is 18.2 Å². The first kappa shape index (κ1) is 18.4. The van der Waals surface area contributed by atoms with Crippen LogP contribution >= 0.6 is 15.9 Å². The molecule has 1 saturated heterocycles. The van der Waals surface area contributed by atoms with Gasteiger partial charge < -0.3 is 10.1 Å². The number of nitrogens with zero attached hydrogens (tertiary/aromatic N) is 1. The Kier molecular flexibility index (Phi) is 6.19. The Balaban J connectivity index is 1.88. The van der Waals surface area contributed by atoms with Gasteiger partial charge >= 0.3 is 0 Å². The third kappa shape index (κ3) is 5.27. The zero-order chi connectivity index (χ0) is 17.0. The van der Waals surface area contributed by atoms with Gasteiger partial charge in [0, 0.05) is 29.7 Å². The number of halogens is 1. The molecule has 1 aliphatic heterocycles. The number of amides is 1. The molecule has 0 aromatic heterocycles. The van der Waals surface area contributed by atoms with Gasteiger partial charge in [-0.25, -0.2) is 8.42 Å². The van der Waals surface area contributed by atoms with Crippen molar-refractivity contribution in [2.24, 2.45) is 0 Å². The molecule has 1 aliphatic rings. The predicted octanol–water partition coefficient (Wildman–Crippen LogP) is 1.62. The fraction of sp³-hybridized carbons (Fsp3) is 0.533. The van der Waals surface area contributed by atoms with E-state index in [0.717, 1.165) is 4.47 Å². The smallest absolute Gasteiger partial charge is 0.251 e. The van der Waals surface area contributed by atoms with E-state index in [1.807, 2.05) is 19.9 Å². The Morgan fingerprint density at radius 3 is 2.61 bits per heavy atom. The number of hydrogen-bond acceptors (Lipinski definition) is 4. The van der Waals surface area contributed by atoms with Crippen LogP contribution in [0.3, 0.4) is 0 Å². The lowest BCUT2D eigenvalue weighted by Crippen LogP contribution is -2.49. The SMILES string of the molecule is C[C@H]1CN(S(=O)(=O)CCNC(=O)c2cccc(Br)c2)C[C@H](C)O1. The van der Waals surface area contributed by atoms with Gasteiger partial charge in [-0.05, 0) is 32.0 Å². The normalized spacial score (nSPS) is 22.7. The van der Waals surface area contributed by atoms with E-state index in [-0.39, 0.29) is 30.4 Å². The zero-order valence-corrected chi connectivity index (χ0v) is 15.6. The van der Waals surface area contributed by atoms with Crippen molar-refractivity contribution in [2.75, 3.05) is 25.4 Å². The summed E-state index contributed by atoms with van der Waals surface area (Å²) in [7, 11) is -3.41. The summed E-state index contributed by atoms with van der Waals surface area (Å²) >= 11 is 3.30. The van der Waals surface area contributed by atoms with Crippen LogP contribution in [0.2, 0.25) is 0 Å². The summed E-state index contributed by atoms with van der Waals surface area (Å²) in [6.07, 6.45) is -0.241. The minimum absolute atomic E-state index is 0.0772. The van der Waals surface area contributed by atoms with E-state index >= 15 is 0 Å². The van der Waals surface area contributed by atoms with E-state index in [9.17, 15) is 13.2 Å². The van der Waals surface area contributed by atoms with Crippen molar-refractivity contribution in [2.45, 2.75) is 26.1 Å². The quantitative estimate of drug-likeness (QED) is 0.808. The Morgan fingerprint density at radius 1 is 1.35 bits per heavy atom. The van der Waals surface area contributed by atoms with Crippen LogP contribution in [0.25, 0.3) is 0 Å². The Bertz CT molecular complexity index is 655. The Hall–Kier alpha value is -0.960. The lowest BCUT2D eigenvalue weighted by atomic mass is 10.2. The zero-order valence-electron chi connectivity index (χ0n) is 13.2. The number of nitrogens with one attached hydrogen (secondary N) is 1. The van der Waals surface area contributed by atoms with Crippen LogP contribution in [-0.4, -0.2) is 56.2 Å². The van der Waals surface area contributed by atoms with Crippen molar-refractivity contribution < 1.29 is 17.9 Å². The average Bonchev–Trinajstić information content (AvgIpc) is 2.46. The van der Waals surface area contributed by atoms with Gasteiger partial charge in [-0.3, -0.25) is 4.79 Å². The van der Waals surface area contributed by atoms with Crippen LogP contribution in [0.15, 0.2) is 28.7 Å². The fourth-order valence-corrected chi connectivity index (χ4v) is 4.40. The first-order valence-corrected chi connectivity index (χ1v) is 9.85. The summed E-state index contributed by atoms with van der Waals surface area (Å²) in [4.78, 5) is 12.0. The van der Waals surface area contributed by atoms with Crippen molar-refractivity contribution in [1.29, 1.82) is 0 Å². The molecule has 1 aromatic rings. The maximum atomic E-state index is 12.4. The highest BCUT2D eigenvalue weighted by atomic mass is 79.9. The molecule has 0 spiro atoms. The number of rotatable bonds is 5. The summed E-state index contributed by atoms with van der Waals surface area (Å²) < 4.78 is 32.5. The molecule has 0 bridgehead atoms. The maximum Gasteiger partial charge on any atom is 0.251 e. The van der Waals surface area contributed by atoms with Gasteiger partial charge in [0.1, 0.15) is 0 Å². The summed E-state index contributed by atoms with van der Waals surface area (Å²) in [6, 6.07) is 6.95. The summed E-state index contributed by atoms with van der Waals surface area (Å²) in [5.41, 5.74) is 0.491. The molecule has 2 atom stereocenters. The number of carbonyl (C=O) groups excluding carboxylic acids is 1. The molecule has 1 aromatic carbocycles. The Labute approximate surface area is 145 Å². The summed E-state index contributed by atoms with van der Waals surface area (Å²) in [5, 5.41) is 2.65. The van der Waals surface area contributed by atoms with E-state index in [4.69, 9.17) is 4.74 Å². The van der Waals surface area contributed by atoms with Crippen LogP contribution < -0.4 is 5.32 Å². The van der Waals surface area contributed by atoms with E-state index in [2.05, 4.69) is 21.2 Å². The topological polar surface area (TPSA) is 75.7 Å². The molecule has 0 radical (unpaired) electrons. The molecule has 1 amide bonds. The molecular formula is C15H21BrN2O4S. The first-order valence-electron chi connectivity index (χ1n) is 7.45. The molecule has 23 heavy (non-hydrogen) atoms. The molecule has 128 valence electrons. The van der Waals surface area contributed by atoms with Gasteiger partial charge in [-0.2, -0.15) is 4.31 Å². The largest absolute Gasteiger partial charge is 0.373 e. The number of sulfonamides is 1. The lowest BCUT2D eigenvalue weighted by Gasteiger charge is -2.34. The molecule has 1 heterocycles. The molecule has 1 N–H and O–H groups in total. The van der Waals surface area contributed by atoms with Crippen molar-refractivity contribution in [3.63, 3.8) is 0 Å². The average molecular weight is 405 g/mol. The standard InChI is InChI=1S/C15H21BrN2O4S/c1-11-9-18(10-12(2)22-11)23(20,21)7-6-17-15(19)13-4-3-5-14(16)8-13/h3-5,8,11-12H,6-7,9-10H2,1-2H3,(H,17,19)/t11-,12-/m0/s1. The molecule has 0 saturated carbocycles. The second-order valence-corrected chi connectivity index (χ2v) is 8.66. The summed E-state index contributed by atoms with van der Waals surface area (Å²) in [6.45, 7) is 4.49. The molecule has 0 aliphatic carbocycles. The van der Waals surface area contributed by atoms with Crippen molar-refractivity contribution >= 4 is 31.9 Å². The number of ether oxygens (including phenoxy) is 1. The maximum absolute atomic E-state index is 12.4. The van der Waals surface area contributed by atoms with Gasteiger partial charge in [-0.1, -0.05) is 22.0 Å². The van der Waals surface area contributed by atoms with Crippen LogP contribution in [0.4, 0.5) is 0 Å². The van der Waals surface area contributed by atoms with E-state index in [1.165, 1.54) is 4.31 Å². The molecule has 8 heteroatoms. The molecule has 1 fully saturated rings. The Morgan fingerprint density at radius 2 is 2.00 bits per heavy atom. The highest BCUT2D eigenvalue weighted by molar-refractivity contribution is 9.10. The minimum Gasteiger partial charge on any atom is -0.373 e. The third-order valence-corrected chi connectivity index (χ3v) is 5.81. The number of morpholine rings is 1. The lowest BCUT2D eigenvalue weighted by molar-refractivity contribution is -0.0440. The van der Waals surface area contributed by atoms with Crippen molar-refractivity contribution in [1.82, 2.24) is 9.62 Å². The van der Waals surface area contributed by atoms with Crippen LogP contribution in [0.1, 0.15) is 24.2 Å². The van der Waals surface area contributed by atoms with Crippen LogP contribution in [-0.2, 0) is 14.8 Å². The van der Waals surface area contributed by atoms with Crippen LogP contribution in [0, 0.1) is 0 Å². The molecule has 2 rings (SSSR count). The first-order chi connectivity index (χ1) is 10.8. The number of carbonyl (C=O) groups is 1. The number of hydrogen-bond donors (Lipinski definition) is 1. The van der Waals surface area contributed by atoms with Gasteiger partial charge in [-0.15, -0.1) is 0 Å². The predicted molar refractivity (Wildman–Crippen MR) is 91.8 cm³/mol.